The molecule has 0 spiro atoms. The summed E-state index contributed by atoms with van der Waals surface area (Å²) in [6.45, 7) is 0.0726. The van der Waals surface area contributed by atoms with Gasteiger partial charge in [-0.15, -0.1) is 0 Å². The minimum atomic E-state index is -0.204. The molecular formula is C18H15ClN2O3. The maximum Gasteiger partial charge on any atom is 0.244 e. The number of hydrogen-bond donors (Lipinski definition) is 1. The number of hydrogen-bond acceptors (Lipinski definition) is 3. The summed E-state index contributed by atoms with van der Waals surface area (Å²) in [5.74, 6) is 0.513. The Morgan fingerprint density at radius 3 is 2.62 bits per heavy atom. The number of amides is 1. The zero-order chi connectivity index (χ0) is 17.1. The highest BCUT2D eigenvalue weighted by Gasteiger charge is 2.08. The lowest BCUT2D eigenvalue weighted by Crippen LogP contribution is -2.20. The second-order valence-electron chi connectivity index (χ2n) is 5.25. The zero-order valence-corrected chi connectivity index (χ0v) is 13.7. The summed E-state index contributed by atoms with van der Waals surface area (Å²) in [6.07, 6.45) is 1.59. The molecule has 0 saturated carbocycles. The van der Waals surface area contributed by atoms with Crippen LogP contribution in [0.25, 0.3) is 10.9 Å². The van der Waals surface area contributed by atoms with Gasteiger partial charge in [0.15, 0.2) is 5.43 Å². The van der Waals surface area contributed by atoms with Crippen molar-refractivity contribution in [2.24, 2.45) is 0 Å². The van der Waals surface area contributed by atoms with E-state index in [0.717, 1.165) is 0 Å². The quantitative estimate of drug-likeness (QED) is 0.791. The van der Waals surface area contributed by atoms with Crippen LogP contribution in [-0.4, -0.2) is 17.6 Å². The van der Waals surface area contributed by atoms with Crippen molar-refractivity contribution in [3.63, 3.8) is 0 Å². The lowest BCUT2D eigenvalue weighted by Gasteiger charge is -2.11. The third kappa shape index (κ3) is 3.41. The molecule has 3 rings (SSSR count). The van der Waals surface area contributed by atoms with Crippen molar-refractivity contribution in [3.05, 3.63) is 70.0 Å². The highest BCUT2D eigenvalue weighted by molar-refractivity contribution is 6.31. The number of anilines is 1. The van der Waals surface area contributed by atoms with E-state index >= 15 is 0 Å². The Morgan fingerprint density at radius 2 is 1.92 bits per heavy atom. The van der Waals surface area contributed by atoms with Crippen LogP contribution in [0, 0.1) is 0 Å². The van der Waals surface area contributed by atoms with Gasteiger partial charge in [-0.3, -0.25) is 9.59 Å². The molecule has 0 bridgehead atoms. The lowest BCUT2D eigenvalue weighted by molar-refractivity contribution is -0.116. The monoisotopic (exact) mass is 342 g/mol. The van der Waals surface area contributed by atoms with Crippen LogP contribution in [0.1, 0.15) is 0 Å². The molecule has 1 heterocycles. The van der Waals surface area contributed by atoms with E-state index in [1.165, 1.54) is 6.07 Å². The molecular weight excluding hydrogens is 328 g/mol. The fourth-order valence-electron chi connectivity index (χ4n) is 2.45. The molecule has 0 atom stereocenters. The van der Waals surface area contributed by atoms with Gasteiger partial charge in [0.25, 0.3) is 0 Å². The van der Waals surface area contributed by atoms with Crippen molar-refractivity contribution < 1.29 is 9.53 Å². The van der Waals surface area contributed by atoms with Crippen LogP contribution in [-0.2, 0) is 11.3 Å². The van der Waals surface area contributed by atoms with Gasteiger partial charge in [0.2, 0.25) is 5.91 Å². The highest BCUT2D eigenvalue weighted by Crippen LogP contribution is 2.18. The predicted octanol–water partition coefficient (Wildman–Crippen LogP) is 3.30. The topological polar surface area (TPSA) is 60.3 Å². The molecule has 0 unspecified atom stereocenters. The first kappa shape index (κ1) is 16.1. The number of fused-ring (bicyclic) bond motifs is 1. The Morgan fingerprint density at radius 1 is 1.17 bits per heavy atom. The van der Waals surface area contributed by atoms with Gasteiger partial charge in [0.1, 0.15) is 12.3 Å². The second-order valence-corrected chi connectivity index (χ2v) is 5.68. The number of benzene rings is 2. The third-order valence-electron chi connectivity index (χ3n) is 3.63. The largest absolute Gasteiger partial charge is 0.497 e. The molecule has 5 nitrogen and oxygen atoms in total. The average Bonchev–Trinajstić information content (AvgIpc) is 2.58. The predicted molar refractivity (Wildman–Crippen MR) is 94.8 cm³/mol. The summed E-state index contributed by atoms with van der Waals surface area (Å²) >= 11 is 6.01. The summed E-state index contributed by atoms with van der Waals surface area (Å²) in [7, 11) is 1.58. The normalized spacial score (nSPS) is 10.6. The number of rotatable bonds is 4. The Balaban J connectivity index is 1.83. The Labute approximate surface area is 143 Å². The summed E-state index contributed by atoms with van der Waals surface area (Å²) in [6, 6.07) is 13.5. The zero-order valence-electron chi connectivity index (χ0n) is 13.0. The molecule has 122 valence electrons. The van der Waals surface area contributed by atoms with Crippen molar-refractivity contribution in [1.82, 2.24) is 4.57 Å². The number of methoxy groups -OCH3 is 1. The molecule has 0 aliphatic carbocycles. The van der Waals surface area contributed by atoms with E-state index in [0.29, 0.717) is 27.4 Å². The first-order chi connectivity index (χ1) is 11.6. The molecule has 0 fully saturated rings. The van der Waals surface area contributed by atoms with E-state index in [1.807, 2.05) is 0 Å². The van der Waals surface area contributed by atoms with Gasteiger partial charge >= 0.3 is 0 Å². The second kappa shape index (κ2) is 6.76. The molecule has 0 radical (unpaired) electrons. The van der Waals surface area contributed by atoms with Gasteiger partial charge in [-0.05, 0) is 42.5 Å². The van der Waals surface area contributed by atoms with Gasteiger partial charge in [0, 0.05) is 28.4 Å². The van der Waals surface area contributed by atoms with E-state index in [2.05, 4.69) is 5.32 Å². The van der Waals surface area contributed by atoms with Crippen LogP contribution in [0.4, 0.5) is 5.69 Å². The number of nitrogens with one attached hydrogen (secondary N) is 1. The van der Waals surface area contributed by atoms with E-state index in [4.69, 9.17) is 16.3 Å². The van der Waals surface area contributed by atoms with E-state index in [1.54, 1.807) is 60.3 Å². The van der Waals surface area contributed by atoms with Crippen molar-refractivity contribution in [3.8, 4) is 5.75 Å². The molecule has 0 aliphatic rings. The molecule has 6 heteroatoms. The molecule has 1 aromatic heterocycles. The Kier molecular flexibility index (Phi) is 4.53. The Bertz CT molecular complexity index is 949. The molecule has 1 amide bonds. The van der Waals surface area contributed by atoms with Crippen LogP contribution in [0.15, 0.2) is 59.5 Å². The van der Waals surface area contributed by atoms with E-state index in [9.17, 15) is 9.59 Å². The first-order valence-corrected chi connectivity index (χ1v) is 7.67. The SMILES string of the molecule is COc1ccc(NC(=O)Cn2ccc(=O)c3ccc(Cl)cc32)cc1. The van der Waals surface area contributed by atoms with Crippen molar-refractivity contribution in [2.75, 3.05) is 12.4 Å². The van der Waals surface area contributed by atoms with Crippen LogP contribution in [0.5, 0.6) is 5.75 Å². The third-order valence-corrected chi connectivity index (χ3v) is 3.86. The standard InChI is InChI=1S/C18H15ClN2O3/c1-24-14-5-3-13(4-6-14)20-18(23)11-21-9-8-17(22)15-7-2-12(19)10-16(15)21/h2-10H,11H2,1H3,(H,20,23). The van der Waals surface area contributed by atoms with Crippen molar-refractivity contribution >= 4 is 34.1 Å². The van der Waals surface area contributed by atoms with Crippen LogP contribution in [0.3, 0.4) is 0 Å². The van der Waals surface area contributed by atoms with Crippen molar-refractivity contribution in [1.29, 1.82) is 0 Å². The number of carbonyl (C=O) groups excluding carboxylic acids is 1. The average molecular weight is 343 g/mol. The summed E-state index contributed by atoms with van der Waals surface area (Å²) < 4.78 is 6.78. The maximum absolute atomic E-state index is 12.3. The Hall–Kier alpha value is -2.79. The van der Waals surface area contributed by atoms with Crippen LogP contribution < -0.4 is 15.5 Å². The van der Waals surface area contributed by atoms with Gasteiger partial charge in [-0.25, -0.2) is 0 Å². The minimum absolute atomic E-state index is 0.0726. The van der Waals surface area contributed by atoms with Gasteiger partial charge in [-0.2, -0.15) is 0 Å². The van der Waals surface area contributed by atoms with Crippen LogP contribution in [0.2, 0.25) is 5.02 Å². The fraction of sp³-hybridized carbons (Fsp3) is 0.111. The number of nitrogens with zero attached hydrogens (tertiary/aromatic N) is 1. The molecule has 0 saturated heterocycles. The van der Waals surface area contributed by atoms with Crippen LogP contribution >= 0.6 is 11.6 Å². The minimum Gasteiger partial charge on any atom is -0.497 e. The summed E-state index contributed by atoms with van der Waals surface area (Å²) in [4.78, 5) is 24.2. The smallest absolute Gasteiger partial charge is 0.244 e. The lowest BCUT2D eigenvalue weighted by atomic mass is 10.2. The number of ether oxygens (including phenoxy) is 1. The molecule has 24 heavy (non-hydrogen) atoms. The van der Waals surface area contributed by atoms with Gasteiger partial charge < -0.3 is 14.6 Å². The summed E-state index contributed by atoms with van der Waals surface area (Å²) in [5, 5.41) is 3.85. The number of halogens is 1. The number of aromatic nitrogens is 1. The first-order valence-electron chi connectivity index (χ1n) is 7.29. The highest BCUT2D eigenvalue weighted by atomic mass is 35.5. The molecule has 0 aliphatic heterocycles. The maximum atomic E-state index is 12.3. The molecule has 2 aromatic carbocycles. The van der Waals surface area contributed by atoms with E-state index < -0.39 is 0 Å². The summed E-state index contributed by atoms with van der Waals surface area (Å²) in [5.41, 5.74) is 1.19. The van der Waals surface area contributed by atoms with Gasteiger partial charge in [-0.1, -0.05) is 11.6 Å². The van der Waals surface area contributed by atoms with E-state index in [-0.39, 0.29) is 17.9 Å². The molecule has 3 aromatic rings. The fourth-order valence-corrected chi connectivity index (χ4v) is 2.61. The molecule has 1 N–H and O–H groups in total. The van der Waals surface area contributed by atoms with Crippen molar-refractivity contribution in [2.45, 2.75) is 6.54 Å². The number of carbonyl (C=O) groups is 1. The number of pyridine rings is 1. The van der Waals surface area contributed by atoms with Gasteiger partial charge in [0.05, 0.1) is 12.6 Å².